The third-order valence-corrected chi connectivity index (χ3v) is 11.1. The topological polar surface area (TPSA) is 233 Å². The zero-order valence-corrected chi connectivity index (χ0v) is 34.0. The number of nitrogens with two attached hydrogens (primary N) is 2. The van der Waals surface area contributed by atoms with Crippen molar-refractivity contribution in [3.05, 3.63) is 75.1 Å². The maximum atomic E-state index is 11.3. The van der Waals surface area contributed by atoms with Gasteiger partial charge < -0.3 is 10.2 Å². The standard InChI is InChI=1S/C18H23N5O2S.C12H9ClN2.C6H15N3O2S.ClH/c1-12-8-16-17(9-13(12)2)21-11-14(10-19)18(16)23-6-3-4-15(5-7-23)22-26(20,24)25;1-7-3-10-11(4-8(7)2)15-6-9(5-14)12(10)13;7-12(10,11)9-6-2-1-4-8-5-3-6;/h8-9,11,15,22H,3-7H2,1-2H3,(H2,20,24,25);3-4,6H,1-2H3;6,8-9H,1-5H2,(H2,7,10,11);1H. The van der Waals surface area contributed by atoms with Crippen molar-refractivity contribution in [2.45, 2.75) is 78.3 Å². The molecule has 2 fully saturated rings. The van der Waals surface area contributed by atoms with Gasteiger partial charge in [0.2, 0.25) is 0 Å². The van der Waals surface area contributed by atoms with Gasteiger partial charge >= 0.3 is 0 Å². The Morgan fingerprint density at radius 3 is 1.81 bits per heavy atom. The van der Waals surface area contributed by atoms with Gasteiger partial charge in [-0.15, -0.1) is 12.4 Å². The van der Waals surface area contributed by atoms with E-state index in [1.807, 2.05) is 52.0 Å². The second kappa shape index (κ2) is 19.8. The summed E-state index contributed by atoms with van der Waals surface area (Å²) < 4.78 is 48.8. The normalized spacial score (nSPS) is 17.7. The van der Waals surface area contributed by atoms with Gasteiger partial charge in [-0.1, -0.05) is 11.6 Å². The summed E-state index contributed by atoms with van der Waals surface area (Å²) in [5.41, 5.74) is 8.20. The fourth-order valence-corrected chi connectivity index (χ4v) is 8.04. The van der Waals surface area contributed by atoms with Gasteiger partial charge in [0.05, 0.1) is 32.9 Å². The van der Waals surface area contributed by atoms with E-state index in [2.05, 4.69) is 41.8 Å². The van der Waals surface area contributed by atoms with Crippen LogP contribution < -0.4 is 29.9 Å². The fraction of sp³-hybridized carbons (Fsp3) is 0.444. The van der Waals surface area contributed by atoms with Crippen LogP contribution in [-0.2, 0) is 20.4 Å². The maximum absolute atomic E-state index is 11.3. The van der Waals surface area contributed by atoms with Crippen LogP contribution in [0.1, 0.15) is 71.9 Å². The number of halogens is 2. The van der Waals surface area contributed by atoms with E-state index < -0.39 is 20.4 Å². The van der Waals surface area contributed by atoms with E-state index in [-0.39, 0.29) is 24.5 Å². The molecule has 4 heterocycles. The quantitative estimate of drug-likeness (QED) is 0.188. The number of aryl methyl sites for hydroxylation is 4. The van der Waals surface area contributed by atoms with Crippen LogP contribution in [0.4, 0.5) is 5.69 Å². The molecule has 0 saturated carbocycles. The number of nitrogens with one attached hydrogen (secondary N) is 3. The van der Waals surface area contributed by atoms with Crippen molar-refractivity contribution in [3.8, 4) is 12.1 Å². The monoisotopic (exact) mass is 818 g/mol. The van der Waals surface area contributed by atoms with Crippen LogP contribution in [0.25, 0.3) is 21.8 Å². The van der Waals surface area contributed by atoms with Gasteiger partial charge in [0.25, 0.3) is 20.4 Å². The molecule has 18 heteroatoms. The zero-order valence-electron chi connectivity index (χ0n) is 30.8. The Kier molecular flexibility index (Phi) is 16.4. The van der Waals surface area contributed by atoms with Gasteiger partial charge in [-0.05, 0) is 126 Å². The molecule has 2 aliphatic heterocycles. The van der Waals surface area contributed by atoms with Crippen molar-refractivity contribution >= 4 is 71.9 Å². The first kappa shape index (κ1) is 44.7. The molecule has 2 aromatic carbocycles. The Labute approximate surface area is 329 Å². The summed E-state index contributed by atoms with van der Waals surface area (Å²) in [5.74, 6) is 0. The molecule has 7 N–H and O–H groups in total. The van der Waals surface area contributed by atoms with E-state index in [4.69, 9.17) is 27.1 Å². The minimum atomic E-state index is -3.71. The van der Waals surface area contributed by atoms with Gasteiger partial charge in [-0.3, -0.25) is 9.97 Å². The van der Waals surface area contributed by atoms with E-state index in [1.54, 1.807) is 6.20 Å². The molecule has 2 unspecified atom stereocenters. The molecule has 0 amide bonds. The van der Waals surface area contributed by atoms with Crippen molar-refractivity contribution in [1.29, 1.82) is 10.5 Å². The van der Waals surface area contributed by atoms with Gasteiger partial charge in [0.15, 0.2) is 0 Å². The first-order valence-electron chi connectivity index (χ1n) is 17.3. The van der Waals surface area contributed by atoms with E-state index >= 15 is 0 Å². The number of aromatic nitrogens is 2. The van der Waals surface area contributed by atoms with Crippen molar-refractivity contribution in [3.63, 3.8) is 0 Å². The third kappa shape index (κ3) is 12.7. The van der Waals surface area contributed by atoms with E-state index in [9.17, 15) is 22.1 Å². The van der Waals surface area contributed by atoms with E-state index in [0.29, 0.717) is 29.1 Å². The molecule has 54 heavy (non-hydrogen) atoms. The third-order valence-electron chi connectivity index (χ3n) is 9.40. The number of hydrogen-bond donors (Lipinski definition) is 5. The van der Waals surface area contributed by atoms with Crippen LogP contribution in [0, 0.1) is 50.4 Å². The minimum Gasteiger partial charge on any atom is -0.370 e. The van der Waals surface area contributed by atoms with Gasteiger partial charge in [-0.25, -0.2) is 10.3 Å². The SMILES string of the molecule is Cc1cc2ncc(C#N)c(Cl)c2cc1C.Cc1cc2ncc(C#N)c(N3CCCC(NS(N)(=O)=O)CC3)c2cc1C.Cl.NS(=O)(=O)NC1CCCNCC1. The average Bonchev–Trinajstić information content (AvgIpc) is 3.48. The summed E-state index contributed by atoms with van der Waals surface area (Å²) in [6.07, 6.45) is 7.97. The number of nitriles is 2. The number of nitrogens with zero attached hydrogens (tertiary/aromatic N) is 5. The molecule has 14 nitrogen and oxygen atoms in total. The maximum Gasteiger partial charge on any atom is 0.274 e. The minimum absolute atomic E-state index is 0. The summed E-state index contributed by atoms with van der Waals surface area (Å²) >= 11 is 6.10. The molecule has 0 spiro atoms. The van der Waals surface area contributed by atoms with Gasteiger partial charge in [0, 0.05) is 48.3 Å². The lowest BCUT2D eigenvalue weighted by atomic mass is 10.0. The molecular weight excluding hydrogens is 772 g/mol. The fourth-order valence-electron chi connectivity index (χ4n) is 6.40. The number of rotatable bonds is 5. The first-order chi connectivity index (χ1) is 25.0. The van der Waals surface area contributed by atoms with Crippen molar-refractivity contribution < 1.29 is 16.8 Å². The Morgan fingerprint density at radius 1 is 0.741 bits per heavy atom. The van der Waals surface area contributed by atoms with Crippen molar-refractivity contribution in [2.24, 2.45) is 10.3 Å². The summed E-state index contributed by atoms with van der Waals surface area (Å²) in [5, 5.41) is 33.9. The Balaban J connectivity index is 0.000000237. The largest absolute Gasteiger partial charge is 0.370 e. The smallest absolute Gasteiger partial charge is 0.274 e. The van der Waals surface area contributed by atoms with Crippen LogP contribution in [0.5, 0.6) is 0 Å². The van der Waals surface area contributed by atoms with Gasteiger partial charge in [-0.2, -0.15) is 36.8 Å². The van der Waals surface area contributed by atoms with Crippen LogP contribution >= 0.6 is 24.0 Å². The molecule has 0 bridgehead atoms. The summed E-state index contributed by atoms with van der Waals surface area (Å²) in [6.45, 7) is 11.4. The summed E-state index contributed by atoms with van der Waals surface area (Å²) in [7, 11) is -7.23. The van der Waals surface area contributed by atoms with E-state index in [1.165, 1.54) is 11.8 Å². The summed E-state index contributed by atoms with van der Waals surface area (Å²) in [4.78, 5) is 10.8. The highest BCUT2D eigenvalue weighted by Gasteiger charge is 2.23. The number of anilines is 1. The van der Waals surface area contributed by atoms with Crippen molar-refractivity contribution in [2.75, 3.05) is 31.1 Å². The molecule has 2 atom stereocenters. The molecule has 6 rings (SSSR count). The van der Waals surface area contributed by atoms with Gasteiger partial charge in [0.1, 0.15) is 12.1 Å². The molecule has 0 radical (unpaired) electrons. The highest BCUT2D eigenvalue weighted by atomic mass is 35.5. The highest BCUT2D eigenvalue weighted by Crippen LogP contribution is 2.33. The molecular formula is C36H48Cl2N10O4S2. The molecule has 2 saturated heterocycles. The van der Waals surface area contributed by atoms with E-state index in [0.717, 1.165) is 95.9 Å². The Hall–Kier alpha value is -3.68. The van der Waals surface area contributed by atoms with Crippen LogP contribution in [0.2, 0.25) is 5.02 Å². The second-order valence-corrected chi connectivity index (χ2v) is 16.5. The van der Waals surface area contributed by atoms with Crippen LogP contribution in [0.15, 0.2) is 36.7 Å². The second-order valence-electron chi connectivity index (χ2n) is 13.5. The molecule has 2 aliphatic rings. The van der Waals surface area contributed by atoms with Crippen LogP contribution in [0.3, 0.4) is 0 Å². The lowest BCUT2D eigenvalue weighted by Crippen LogP contribution is -2.39. The molecule has 0 aliphatic carbocycles. The lowest BCUT2D eigenvalue weighted by molar-refractivity contribution is 0.518. The number of fused-ring (bicyclic) bond motifs is 2. The predicted molar refractivity (Wildman–Crippen MR) is 217 cm³/mol. The number of pyridine rings is 2. The first-order valence-corrected chi connectivity index (χ1v) is 20.8. The number of benzene rings is 2. The molecule has 4 aromatic rings. The molecule has 2 aromatic heterocycles. The Bertz CT molecular complexity index is 2250. The van der Waals surface area contributed by atoms with Crippen molar-refractivity contribution in [1.82, 2.24) is 24.7 Å². The molecule has 292 valence electrons. The zero-order chi connectivity index (χ0) is 38.9. The van der Waals surface area contributed by atoms with Crippen LogP contribution in [-0.4, -0.2) is 65.1 Å². The number of hydrogen-bond acceptors (Lipinski definition) is 10. The summed E-state index contributed by atoms with van der Waals surface area (Å²) in [6, 6.07) is 12.2. The Morgan fingerprint density at radius 2 is 1.24 bits per heavy atom. The lowest BCUT2D eigenvalue weighted by Gasteiger charge is -2.25. The predicted octanol–water partition coefficient (Wildman–Crippen LogP) is 4.60. The average molecular weight is 820 g/mol. The highest BCUT2D eigenvalue weighted by molar-refractivity contribution is 7.87.